The number of hydrogen-bond donors (Lipinski definition) is 0. The number of aromatic nitrogens is 3. The van der Waals surface area contributed by atoms with Gasteiger partial charge in [0.25, 0.3) is 0 Å². The summed E-state index contributed by atoms with van der Waals surface area (Å²) >= 11 is 5.73. The van der Waals surface area contributed by atoms with Gasteiger partial charge in [-0.3, -0.25) is 9.47 Å². The summed E-state index contributed by atoms with van der Waals surface area (Å²) in [6.07, 6.45) is 2.25. The minimum absolute atomic E-state index is 0.0759. The Morgan fingerprint density at radius 2 is 1.76 bits per heavy atom. The monoisotopic (exact) mass is 414 g/mol. The maximum Gasteiger partial charge on any atom is 0.199 e. The van der Waals surface area contributed by atoms with Crippen LogP contribution in [-0.2, 0) is 19.8 Å². The molecule has 1 aliphatic carbocycles. The summed E-state index contributed by atoms with van der Waals surface area (Å²) < 4.78 is 32.7. The highest BCUT2D eigenvalue weighted by molar-refractivity contribution is 7.71. The van der Waals surface area contributed by atoms with Crippen LogP contribution < -0.4 is 0 Å². The van der Waals surface area contributed by atoms with E-state index in [1.807, 2.05) is 30.0 Å². The first-order valence-electron chi connectivity index (χ1n) is 9.93. The van der Waals surface area contributed by atoms with Crippen LogP contribution in [0.15, 0.2) is 48.5 Å². The molecule has 152 valence electrons. The zero-order valence-corrected chi connectivity index (χ0v) is 17.2. The summed E-state index contributed by atoms with van der Waals surface area (Å²) in [5, 5.41) is 4.79. The van der Waals surface area contributed by atoms with Crippen molar-refractivity contribution in [3.05, 3.63) is 81.9 Å². The van der Waals surface area contributed by atoms with Crippen molar-refractivity contribution >= 4 is 12.2 Å². The molecule has 1 fully saturated rings. The van der Waals surface area contributed by atoms with E-state index < -0.39 is 11.6 Å². The Bertz CT molecular complexity index is 1020. The van der Waals surface area contributed by atoms with Gasteiger partial charge in [-0.15, -0.1) is 0 Å². The minimum Gasteiger partial charge on any atom is -0.299 e. The van der Waals surface area contributed by atoms with Crippen LogP contribution in [0.5, 0.6) is 0 Å². The van der Waals surface area contributed by atoms with Crippen LogP contribution in [0.2, 0.25) is 0 Å². The van der Waals surface area contributed by atoms with E-state index in [1.165, 1.54) is 23.8 Å². The Balaban J connectivity index is 1.59. The topological polar surface area (TPSA) is 26.0 Å². The average molecular weight is 415 g/mol. The minimum atomic E-state index is -0.527. The molecule has 1 heterocycles. The van der Waals surface area contributed by atoms with Gasteiger partial charge < -0.3 is 0 Å². The molecular formula is C22H24F2N4S. The molecule has 0 spiro atoms. The van der Waals surface area contributed by atoms with E-state index in [-0.39, 0.29) is 12.1 Å². The van der Waals surface area contributed by atoms with Gasteiger partial charge in [0.2, 0.25) is 0 Å². The van der Waals surface area contributed by atoms with Crippen LogP contribution in [-0.4, -0.2) is 25.8 Å². The van der Waals surface area contributed by atoms with Gasteiger partial charge in [-0.25, -0.2) is 13.5 Å². The van der Waals surface area contributed by atoms with Gasteiger partial charge in [0, 0.05) is 18.0 Å². The molecule has 0 aliphatic heterocycles. The van der Waals surface area contributed by atoms with E-state index >= 15 is 0 Å². The second-order valence-electron chi connectivity index (χ2n) is 7.47. The van der Waals surface area contributed by atoms with Crippen LogP contribution in [0.1, 0.15) is 42.6 Å². The largest absolute Gasteiger partial charge is 0.299 e. The Morgan fingerprint density at radius 1 is 1.07 bits per heavy atom. The van der Waals surface area contributed by atoms with E-state index in [2.05, 4.69) is 16.7 Å². The van der Waals surface area contributed by atoms with Crippen LogP contribution in [0.25, 0.3) is 0 Å². The molecule has 3 aromatic rings. The number of nitrogens with zero attached hydrogens (tertiary/aromatic N) is 4. The molecule has 0 bridgehead atoms. The fraction of sp³-hybridized carbons (Fsp3) is 0.364. The zero-order chi connectivity index (χ0) is 20.4. The molecule has 0 saturated heterocycles. The zero-order valence-electron chi connectivity index (χ0n) is 16.4. The first-order valence-corrected chi connectivity index (χ1v) is 10.3. The lowest BCUT2D eigenvalue weighted by Crippen LogP contribution is -2.27. The summed E-state index contributed by atoms with van der Waals surface area (Å²) in [5.74, 6) is 0.397. The van der Waals surface area contributed by atoms with Gasteiger partial charge >= 0.3 is 0 Å². The van der Waals surface area contributed by atoms with Gasteiger partial charge in [-0.2, -0.15) is 5.10 Å². The Kier molecular flexibility index (Phi) is 5.87. The maximum absolute atomic E-state index is 14.1. The lowest BCUT2D eigenvalue weighted by atomic mass is 10.2. The molecular weight excluding hydrogens is 390 g/mol. The van der Waals surface area contributed by atoms with Crippen LogP contribution in [0.4, 0.5) is 8.78 Å². The first-order chi connectivity index (χ1) is 14.1. The quantitative estimate of drug-likeness (QED) is 0.480. The SMILES string of the molecule is CCN(Cc1c(F)cccc1F)Cn1nc(C2CC2)n(Cc2ccccc2)c1=S. The number of rotatable bonds is 8. The maximum atomic E-state index is 14.1. The molecule has 1 aliphatic rings. The molecule has 0 radical (unpaired) electrons. The lowest BCUT2D eigenvalue weighted by molar-refractivity contribution is 0.201. The summed E-state index contributed by atoms with van der Waals surface area (Å²) in [6, 6.07) is 14.1. The molecule has 0 unspecified atom stereocenters. The number of hydrogen-bond acceptors (Lipinski definition) is 3. The molecule has 0 amide bonds. The predicted octanol–water partition coefficient (Wildman–Crippen LogP) is 5.10. The van der Waals surface area contributed by atoms with Crippen molar-refractivity contribution in [2.24, 2.45) is 0 Å². The van der Waals surface area contributed by atoms with E-state index in [0.717, 1.165) is 18.7 Å². The second-order valence-corrected chi connectivity index (χ2v) is 7.84. The van der Waals surface area contributed by atoms with Crippen LogP contribution in [0.3, 0.4) is 0 Å². The van der Waals surface area contributed by atoms with Crippen molar-refractivity contribution in [2.75, 3.05) is 6.54 Å². The van der Waals surface area contributed by atoms with Gasteiger partial charge in [-0.1, -0.05) is 43.3 Å². The molecule has 29 heavy (non-hydrogen) atoms. The summed E-state index contributed by atoms with van der Waals surface area (Å²) in [4.78, 5) is 1.94. The van der Waals surface area contributed by atoms with E-state index in [9.17, 15) is 8.78 Å². The fourth-order valence-corrected chi connectivity index (χ4v) is 3.72. The normalized spacial score (nSPS) is 13.9. The van der Waals surface area contributed by atoms with Crippen molar-refractivity contribution < 1.29 is 8.78 Å². The third-order valence-electron chi connectivity index (χ3n) is 5.30. The van der Waals surface area contributed by atoms with Crippen molar-refractivity contribution in [1.82, 2.24) is 19.2 Å². The third-order valence-corrected chi connectivity index (χ3v) is 5.73. The molecule has 0 N–H and O–H groups in total. The van der Waals surface area contributed by atoms with Gasteiger partial charge in [0.15, 0.2) is 4.77 Å². The smallest absolute Gasteiger partial charge is 0.199 e. The molecule has 1 aromatic heterocycles. The molecule has 4 nitrogen and oxygen atoms in total. The molecule has 1 saturated carbocycles. The predicted molar refractivity (Wildman–Crippen MR) is 111 cm³/mol. The van der Waals surface area contributed by atoms with Gasteiger partial charge in [0.05, 0.1) is 13.2 Å². The van der Waals surface area contributed by atoms with Crippen LogP contribution in [0, 0.1) is 16.4 Å². The number of halogens is 2. The van der Waals surface area contributed by atoms with Crippen molar-refractivity contribution in [2.45, 2.75) is 45.4 Å². The molecule has 7 heteroatoms. The van der Waals surface area contributed by atoms with Crippen molar-refractivity contribution in [3.8, 4) is 0 Å². The van der Waals surface area contributed by atoms with E-state index in [0.29, 0.717) is 30.4 Å². The Hall–Kier alpha value is -2.38. The van der Waals surface area contributed by atoms with E-state index in [4.69, 9.17) is 17.3 Å². The van der Waals surface area contributed by atoms with E-state index in [1.54, 1.807) is 4.68 Å². The van der Waals surface area contributed by atoms with Crippen LogP contribution >= 0.6 is 12.2 Å². The molecule has 2 aromatic carbocycles. The fourth-order valence-electron chi connectivity index (χ4n) is 3.47. The highest BCUT2D eigenvalue weighted by atomic mass is 32.1. The highest BCUT2D eigenvalue weighted by Crippen LogP contribution is 2.39. The molecule has 4 rings (SSSR count). The first kappa shape index (κ1) is 19.9. The average Bonchev–Trinajstić information content (AvgIpc) is 3.52. The lowest BCUT2D eigenvalue weighted by Gasteiger charge is -2.20. The second kappa shape index (κ2) is 8.55. The summed E-state index contributed by atoms with van der Waals surface area (Å²) in [6.45, 7) is 3.83. The van der Waals surface area contributed by atoms with Gasteiger partial charge in [-0.05, 0) is 49.3 Å². The standard InChI is InChI=1S/C22H24F2N4S/c1-2-26(14-18-19(23)9-6-10-20(18)24)15-28-22(29)27(21(25-28)17-11-12-17)13-16-7-4-3-5-8-16/h3-10,17H,2,11-15H2,1H3. The van der Waals surface area contributed by atoms with Crippen molar-refractivity contribution in [1.29, 1.82) is 0 Å². The summed E-state index contributed by atoms with van der Waals surface area (Å²) in [7, 11) is 0. The third kappa shape index (κ3) is 4.46. The summed E-state index contributed by atoms with van der Waals surface area (Å²) in [5.41, 5.74) is 1.25. The Labute approximate surface area is 174 Å². The molecule has 0 atom stereocenters. The Morgan fingerprint density at radius 3 is 2.38 bits per heavy atom. The highest BCUT2D eigenvalue weighted by Gasteiger charge is 2.30. The van der Waals surface area contributed by atoms with Gasteiger partial charge in [0.1, 0.15) is 17.5 Å². The number of benzene rings is 2. The van der Waals surface area contributed by atoms with Crippen molar-refractivity contribution in [3.63, 3.8) is 0 Å².